The predicted molar refractivity (Wildman–Crippen MR) is 129 cm³/mol. The quantitative estimate of drug-likeness (QED) is 0.676. The largest absolute Gasteiger partial charge is 0.486 e. The number of carbonyl (C=O) groups is 2. The minimum atomic E-state index is -0.629. The topological polar surface area (TPSA) is 67.9 Å². The smallest absolute Gasteiger partial charge is 0.272 e. The van der Waals surface area contributed by atoms with Gasteiger partial charge in [0.1, 0.15) is 12.7 Å². The Morgan fingerprint density at radius 3 is 2.38 bits per heavy atom. The first-order valence-electron chi connectivity index (χ1n) is 10.7. The zero-order chi connectivity index (χ0) is 23.6. The average Bonchev–Trinajstić information content (AvgIpc) is 2.70. The number of hydrogen-bond acceptors (Lipinski definition) is 5. The van der Waals surface area contributed by atoms with Crippen molar-refractivity contribution in [1.82, 2.24) is 10.4 Å². The van der Waals surface area contributed by atoms with Gasteiger partial charge in [0.15, 0.2) is 11.5 Å². The number of nitrogens with one attached hydrogen (secondary N) is 1. The van der Waals surface area contributed by atoms with Gasteiger partial charge in [-0.15, -0.1) is 0 Å². The molecule has 1 N–H and O–H groups in total. The summed E-state index contributed by atoms with van der Waals surface area (Å²) in [6.07, 6.45) is 1.95. The van der Waals surface area contributed by atoms with Gasteiger partial charge in [-0.2, -0.15) is 11.8 Å². The SMILES string of the molecule is CSCC1COc2ccc(C(=O)NN(C(=O)c3cc(C)cc(C)c3)C(C)(C)C)c(C)c2O1. The van der Waals surface area contributed by atoms with Gasteiger partial charge in [0.2, 0.25) is 0 Å². The van der Waals surface area contributed by atoms with Gasteiger partial charge >= 0.3 is 0 Å². The van der Waals surface area contributed by atoms with Crippen molar-refractivity contribution in [3.8, 4) is 11.5 Å². The molecule has 0 aromatic heterocycles. The second-order valence-electron chi connectivity index (χ2n) is 9.20. The number of hydrogen-bond donors (Lipinski definition) is 1. The molecule has 172 valence electrons. The maximum absolute atomic E-state index is 13.4. The molecule has 0 saturated carbocycles. The zero-order valence-electron chi connectivity index (χ0n) is 19.9. The van der Waals surface area contributed by atoms with Crippen LogP contribution in [0.2, 0.25) is 0 Å². The second kappa shape index (κ2) is 9.45. The Morgan fingerprint density at radius 1 is 1.12 bits per heavy atom. The lowest BCUT2D eigenvalue weighted by atomic mass is 10.0. The van der Waals surface area contributed by atoms with Gasteiger partial charge in [-0.3, -0.25) is 15.0 Å². The number of thioether (sulfide) groups is 1. The lowest BCUT2D eigenvalue weighted by Crippen LogP contribution is -2.56. The van der Waals surface area contributed by atoms with Gasteiger partial charge in [0, 0.05) is 22.4 Å². The third kappa shape index (κ3) is 5.21. The third-order valence-corrected chi connectivity index (χ3v) is 5.94. The van der Waals surface area contributed by atoms with Gasteiger partial charge in [0.25, 0.3) is 11.8 Å². The molecule has 0 saturated heterocycles. The number of amides is 2. The summed E-state index contributed by atoms with van der Waals surface area (Å²) >= 11 is 1.68. The molecule has 2 amide bonds. The van der Waals surface area contributed by atoms with Crippen molar-refractivity contribution < 1.29 is 19.1 Å². The Balaban J connectivity index is 1.89. The Labute approximate surface area is 194 Å². The van der Waals surface area contributed by atoms with Crippen molar-refractivity contribution in [2.45, 2.75) is 53.2 Å². The van der Waals surface area contributed by atoms with Crippen molar-refractivity contribution in [2.24, 2.45) is 0 Å². The van der Waals surface area contributed by atoms with Crippen molar-refractivity contribution in [3.63, 3.8) is 0 Å². The van der Waals surface area contributed by atoms with Crippen LogP contribution in [-0.2, 0) is 0 Å². The summed E-state index contributed by atoms with van der Waals surface area (Å²) in [6.45, 7) is 11.9. The highest BCUT2D eigenvalue weighted by Gasteiger charge is 2.31. The van der Waals surface area contributed by atoms with Crippen LogP contribution in [0.25, 0.3) is 0 Å². The molecule has 0 aliphatic carbocycles. The highest BCUT2D eigenvalue weighted by atomic mass is 32.2. The molecule has 1 atom stereocenters. The van der Waals surface area contributed by atoms with Crippen LogP contribution >= 0.6 is 11.8 Å². The first kappa shape index (κ1) is 24.0. The van der Waals surface area contributed by atoms with E-state index in [1.165, 1.54) is 5.01 Å². The molecule has 7 heteroatoms. The van der Waals surface area contributed by atoms with Crippen LogP contribution in [0.1, 0.15) is 58.2 Å². The van der Waals surface area contributed by atoms with Crippen LogP contribution in [0.4, 0.5) is 0 Å². The van der Waals surface area contributed by atoms with Gasteiger partial charge in [-0.25, -0.2) is 5.01 Å². The van der Waals surface area contributed by atoms with Gasteiger partial charge < -0.3 is 9.47 Å². The first-order valence-corrected chi connectivity index (χ1v) is 12.1. The number of hydrazine groups is 1. The van der Waals surface area contributed by atoms with Crippen LogP contribution in [0.5, 0.6) is 11.5 Å². The summed E-state index contributed by atoms with van der Waals surface area (Å²) in [5.41, 5.74) is 5.88. The summed E-state index contributed by atoms with van der Waals surface area (Å²) < 4.78 is 11.9. The van der Waals surface area contributed by atoms with E-state index in [-0.39, 0.29) is 17.9 Å². The van der Waals surface area contributed by atoms with Crippen LogP contribution in [0, 0.1) is 20.8 Å². The number of carbonyl (C=O) groups excluding carboxylic acids is 2. The molecule has 0 fully saturated rings. The molecular weight excluding hydrogens is 424 g/mol. The molecule has 0 spiro atoms. The fourth-order valence-corrected chi connectivity index (χ4v) is 4.27. The maximum atomic E-state index is 13.4. The normalized spacial score (nSPS) is 15.3. The van der Waals surface area contributed by atoms with E-state index in [4.69, 9.17) is 9.47 Å². The lowest BCUT2D eigenvalue weighted by Gasteiger charge is -2.36. The molecule has 1 aliphatic rings. The number of ether oxygens (including phenoxy) is 2. The molecular formula is C25H32N2O4S. The first-order chi connectivity index (χ1) is 15.0. The molecule has 1 heterocycles. The van der Waals surface area contributed by atoms with Gasteiger partial charge in [0.05, 0.1) is 5.54 Å². The number of fused-ring (bicyclic) bond motifs is 1. The molecule has 32 heavy (non-hydrogen) atoms. The van der Waals surface area contributed by atoms with E-state index in [1.54, 1.807) is 23.9 Å². The molecule has 1 unspecified atom stereocenters. The summed E-state index contributed by atoms with van der Waals surface area (Å²) in [4.78, 5) is 26.6. The number of aryl methyl sites for hydroxylation is 2. The number of rotatable bonds is 4. The highest BCUT2D eigenvalue weighted by Crippen LogP contribution is 2.37. The molecule has 6 nitrogen and oxygen atoms in total. The second-order valence-corrected chi connectivity index (χ2v) is 10.1. The fourth-order valence-electron chi connectivity index (χ4n) is 3.74. The van der Waals surface area contributed by atoms with E-state index < -0.39 is 5.54 Å². The molecule has 1 aliphatic heterocycles. The maximum Gasteiger partial charge on any atom is 0.272 e. The fraction of sp³-hybridized carbons (Fsp3) is 0.440. The summed E-state index contributed by atoms with van der Waals surface area (Å²) in [5.74, 6) is 1.40. The molecule has 3 rings (SSSR count). The van der Waals surface area contributed by atoms with Crippen molar-refractivity contribution in [2.75, 3.05) is 18.6 Å². The van der Waals surface area contributed by atoms with Crippen LogP contribution in [0.3, 0.4) is 0 Å². The Morgan fingerprint density at radius 2 is 1.78 bits per heavy atom. The summed E-state index contributed by atoms with van der Waals surface area (Å²) in [7, 11) is 0. The summed E-state index contributed by atoms with van der Waals surface area (Å²) in [6, 6.07) is 9.14. The van der Waals surface area contributed by atoms with Crippen molar-refractivity contribution in [1.29, 1.82) is 0 Å². The standard InChI is InChI=1S/C25H32N2O4S/c1-15-10-16(2)12-18(11-15)24(29)27(25(4,5)6)26-23(28)20-8-9-21-22(17(20)3)31-19(13-30-21)14-32-7/h8-12,19H,13-14H2,1-7H3,(H,26,28). The number of benzene rings is 2. The van der Waals surface area contributed by atoms with Crippen LogP contribution in [0.15, 0.2) is 30.3 Å². The highest BCUT2D eigenvalue weighted by molar-refractivity contribution is 7.98. The Kier molecular flexibility index (Phi) is 7.08. The van der Waals surface area contributed by atoms with E-state index in [9.17, 15) is 9.59 Å². The molecule has 2 aromatic carbocycles. The minimum Gasteiger partial charge on any atom is -0.486 e. The van der Waals surface area contributed by atoms with E-state index in [2.05, 4.69) is 5.43 Å². The predicted octanol–water partition coefficient (Wildman–Crippen LogP) is 4.70. The Bertz CT molecular complexity index is 1010. The Hall–Kier alpha value is -2.67. The van der Waals surface area contributed by atoms with E-state index in [0.717, 1.165) is 16.9 Å². The zero-order valence-corrected chi connectivity index (χ0v) is 20.7. The van der Waals surface area contributed by atoms with Gasteiger partial charge in [-0.1, -0.05) is 17.2 Å². The van der Waals surface area contributed by atoms with E-state index in [1.807, 2.05) is 66.0 Å². The summed E-state index contributed by atoms with van der Waals surface area (Å²) in [5, 5.41) is 1.40. The monoisotopic (exact) mass is 456 g/mol. The van der Waals surface area contributed by atoms with Gasteiger partial charge in [-0.05, 0) is 72.1 Å². The minimum absolute atomic E-state index is 0.0632. The number of nitrogens with zero attached hydrogens (tertiary/aromatic N) is 1. The van der Waals surface area contributed by atoms with Crippen molar-refractivity contribution in [3.05, 3.63) is 58.1 Å². The van der Waals surface area contributed by atoms with Crippen LogP contribution < -0.4 is 14.9 Å². The molecule has 0 bridgehead atoms. The van der Waals surface area contributed by atoms with Crippen LogP contribution in [-0.4, -0.2) is 47.1 Å². The molecule has 0 radical (unpaired) electrons. The van der Waals surface area contributed by atoms with Crippen molar-refractivity contribution >= 4 is 23.6 Å². The molecule has 2 aromatic rings. The van der Waals surface area contributed by atoms with E-state index >= 15 is 0 Å². The average molecular weight is 457 g/mol. The van der Waals surface area contributed by atoms with E-state index in [0.29, 0.717) is 34.8 Å². The third-order valence-electron chi connectivity index (χ3n) is 5.23. The lowest BCUT2D eigenvalue weighted by molar-refractivity contribution is 0.0357.